The summed E-state index contributed by atoms with van der Waals surface area (Å²) in [6.45, 7) is 3.29. The van der Waals surface area contributed by atoms with Crippen LogP contribution in [-0.4, -0.2) is 39.2 Å². The first-order chi connectivity index (χ1) is 10.2. The lowest BCUT2D eigenvalue weighted by Gasteiger charge is -2.33. The Kier molecular flexibility index (Phi) is 4.73. The largest absolute Gasteiger partial charge is 0.385 e. The van der Waals surface area contributed by atoms with Gasteiger partial charge in [-0.15, -0.1) is 11.3 Å². The van der Waals surface area contributed by atoms with Gasteiger partial charge in [0.2, 0.25) is 0 Å². The molecule has 1 N–H and O–H groups in total. The standard InChI is InChI=1S/C16H23N3OS/c1-18-11-7-17-16(18)15(20)13-4-8-19(9-5-13)10-6-14-3-2-12-21-14/h2-3,7,11-13,15,20H,4-6,8-10H2,1H3. The highest BCUT2D eigenvalue weighted by atomic mass is 32.1. The van der Waals surface area contributed by atoms with Gasteiger partial charge in [0.1, 0.15) is 11.9 Å². The molecule has 0 aromatic carbocycles. The third-order valence-corrected chi connectivity index (χ3v) is 5.39. The molecule has 1 aliphatic heterocycles. The number of hydrogen-bond donors (Lipinski definition) is 1. The maximum atomic E-state index is 10.5. The quantitative estimate of drug-likeness (QED) is 0.922. The zero-order chi connectivity index (χ0) is 14.7. The molecule has 3 rings (SSSR count). The van der Waals surface area contributed by atoms with Crippen LogP contribution in [0.15, 0.2) is 29.9 Å². The molecule has 21 heavy (non-hydrogen) atoms. The van der Waals surface area contributed by atoms with Gasteiger partial charge in [0.05, 0.1) is 0 Å². The molecule has 2 aromatic heterocycles. The molecule has 1 saturated heterocycles. The van der Waals surface area contributed by atoms with E-state index in [2.05, 4.69) is 27.4 Å². The van der Waals surface area contributed by atoms with Gasteiger partial charge in [-0.1, -0.05) is 6.07 Å². The highest BCUT2D eigenvalue weighted by molar-refractivity contribution is 7.09. The average molecular weight is 305 g/mol. The highest BCUT2D eigenvalue weighted by Gasteiger charge is 2.28. The fraction of sp³-hybridized carbons (Fsp3) is 0.562. The second-order valence-electron chi connectivity index (χ2n) is 5.85. The Morgan fingerprint density at radius 3 is 2.86 bits per heavy atom. The van der Waals surface area contributed by atoms with Gasteiger partial charge in [0.15, 0.2) is 0 Å². The minimum absolute atomic E-state index is 0.337. The van der Waals surface area contributed by atoms with Crippen LogP contribution in [0.4, 0.5) is 0 Å². The number of aryl methyl sites for hydroxylation is 1. The highest BCUT2D eigenvalue weighted by Crippen LogP contribution is 2.29. The van der Waals surface area contributed by atoms with Crippen LogP contribution >= 0.6 is 11.3 Å². The number of thiophene rings is 1. The zero-order valence-electron chi connectivity index (χ0n) is 12.5. The van der Waals surface area contributed by atoms with E-state index in [9.17, 15) is 5.11 Å². The van der Waals surface area contributed by atoms with Gasteiger partial charge in [-0.25, -0.2) is 4.98 Å². The van der Waals surface area contributed by atoms with Gasteiger partial charge >= 0.3 is 0 Å². The Labute approximate surface area is 130 Å². The third-order valence-electron chi connectivity index (χ3n) is 4.46. The van der Waals surface area contributed by atoms with E-state index < -0.39 is 6.10 Å². The number of imidazole rings is 1. The molecular formula is C16H23N3OS. The molecule has 114 valence electrons. The molecule has 3 heterocycles. The Morgan fingerprint density at radius 2 is 2.24 bits per heavy atom. The summed E-state index contributed by atoms with van der Waals surface area (Å²) in [5, 5.41) is 12.6. The first kappa shape index (κ1) is 14.8. The monoisotopic (exact) mass is 305 g/mol. The lowest BCUT2D eigenvalue weighted by molar-refractivity contribution is 0.0515. The SMILES string of the molecule is Cn1ccnc1C(O)C1CCN(CCc2cccs2)CC1. The first-order valence-corrected chi connectivity index (χ1v) is 8.52. The Balaban J connectivity index is 1.47. The average Bonchev–Trinajstić information content (AvgIpc) is 3.16. The number of rotatable bonds is 5. The number of aliphatic hydroxyl groups is 1. The number of aliphatic hydroxyl groups excluding tert-OH is 1. The number of hydrogen-bond acceptors (Lipinski definition) is 4. The molecular weight excluding hydrogens is 282 g/mol. The van der Waals surface area contributed by atoms with Crippen LogP contribution in [0.5, 0.6) is 0 Å². The molecule has 1 aliphatic rings. The van der Waals surface area contributed by atoms with Gasteiger partial charge < -0.3 is 14.6 Å². The molecule has 4 nitrogen and oxygen atoms in total. The van der Waals surface area contributed by atoms with Gasteiger partial charge in [-0.2, -0.15) is 0 Å². The van der Waals surface area contributed by atoms with Crippen molar-refractivity contribution in [3.8, 4) is 0 Å². The van der Waals surface area contributed by atoms with E-state index in [1.807, 2.05) is 29.1 Å². The summed E-state index contributed by atoms with van der Waals surface area (Å²) in [5.74, 6) is 1.14. The van der Waals surface area contributed by atoms with E-state index in [1.165, 1.54) is 4.88 Å². The second-order valence-corrected chi connectivity index (χ2v) is 6.88. The predicted molar refractivity (Wildman–Crippen MR) is 85.4 cm³/mol. The van der Waals surface area contributed by atoms with Crippen LogP contribution < -0.4 is 0 Å². The summed E-state index contributed by atoms with van der Waals surface area (Å²) in [5.41, 5.74) is 0. The zero-order valence-corrected chi connectivity index (χ0v) is 13.3. The minimum atomic E-state index is -0.426. The van der Waals surface area contributed by atoms with Crippen LogP contribution in [0.1, 0.15) is 29.6 Å². The van der Waals surface area contributed by atoms with E-state index in [0.717, 1.165) is 44.7 Å². The van der Waals surface area contributed by atoms with Crippen molar-refractivity contribution in [3.05, 3.63) is 40.6 Å². The first-order valence-electron chi connectivity index (χ1n) is 7.64. The van der Waals surface area contributed by atoms with Crippen LogP contribution in [0.3, 0.4) is 0 Å². The summed E-state index contributed by atoms with van der Waals surface area (Å²) >= 11 is 1.84. The van der Waals surface area contributed by atoms with E-state index in [0.29, 0.717) is 5.92 Å². The Bertz CT molecular complexity index is 544. The van der Waals surface area contributed by atoms with Gasteiger partial charge in [-0.05, 0) is 49.7 Å². The van der Waals surface area contributed by atoms with Crippen LogP contribution in [0, 0.1) is 5.92 Å². The smallest absolute Gasteiger partial charge is 0.137 e. The molecule has 0 radical (unpaired) electrons. The van der Waals surface area contributed by atoms with Gasteiger partial charge in [0.25, 0.3) is 0 Å². The topological polar surface area (TPSA) is 41.3 Å². The van der Waals surface area contributed by atoms with E-state index in [1.54, 1.807) is 6.20 Å². The lowest BCUT2D eigenvalue weighted by atomic mass is 9.90. The molecule has 0 aliphatic carbocycles. The van der Waals surface area contributed by atoms with Crippen molar-refractivity contribution in [2.75, 3.05) is 19.6 Å². The molecule has 0 bridgehead atoms. The number of piperidine rings is 1. The van der Waals surface area contributed by atoms with Gasteiger partial charge in [0, 0.05) is 30.9 Å². The summed E-state index contributed by atoms with van der Waals surface area (Å²) < 4.78 is 1.92. The predicted octanol–water partition coefficient (Wildman–Crippen LogP) is 2.47. The van der Waals surface area contributed by atoms with Crippen molar-refractivity contribution in [1.29, 1.82) is 0 Å². The van der Waals surface area contributed by atoms with Crippen molar-refractivity contribution < 1.29 is 5.11 Å². The number of nitrogens with zero attached hydrogens (tertiary/aromatic N) is 3. The molecule has 1 unspecified atom stereocenters. The van der Waals surface area contributed by atoms with Crippen molar-refractivity contribution in [2.45, 2.75) is 25.4 Å². The molecule has 5 heteroatoms. The Morgan fingerprint density at radius 1 is 1.43 bits per heavy atom. The molecule has 1 atom stereocenters. The number of aromatic nitrogens is 2. The summed E-state index contributed by atoms with van der Waals surface area (Å²) in [6, 6.07) is 4.33. The van der Waals surface area contributed by atoms with Crippen molar-refractivity contribution in [2.24, 2.45) is 13.0 Å². The summed E-state index contributed by atoms with van der Waals surface area (Å²) in [7, 11) is 1.95. The van der Waals surface area contributed by atoms with Gasteiger partial charge in [-0.3, -0.25) is 0 Å². The third kappa shape index (κ3) is 3.54. The van der Waals surface area contributed by atoms with Crippen molar-refractivity contribution >= 4 is 11.3 Å². The fourth-order valence-electron chi connectivity index (χ4n) is 3.09. The maximum Gasteiger partial charge on any atom is 0.137 e. The van der Waals surface area contributed by atoms with Crippen LogP contribution in [0.25, 0.3) is 0 Å². The molecule has 0 amide bonds. The molecule has 1 fully saturated rings. The van der Waals surface area contributed by atoms with Crippen LogP contribution in [0.2, 0.25) is 0 Å². The van der Waals surface area contributed by atoms with E-state index >= 15 is 0 Å². The lowest BCUT2D eigenvalue weighted by Crippen LogP contribution is -2.37. The van der Waals surface area contributed by atoms with Crippen molar-refractivity contribution in [3.63, 3.8) is 0 Å². The summed E-state index contributed by atoms with van der Waals surface area (Å²) in [4.78, 5) is 8.26. The fourth-order valence-corrected chi connectivity index (χ4v) is 3.79. The minimum Gasteiger partial charge on any atom is -0.385 e. The maximum absolute atomic E-state index is 10.5. The summed E-state index contributed by atoms with van der Waals surface area (Å²) in [6.07, 6.45) is 6.48. The molecule has 0 saturated carbocycles. The Hall–Kier alpha value is -1.17. The molecule has 0 spiro atoms. The van der Waals surface area contributed by atoms with Crippen molar-refractivity contribution in [1.82, 2.24) is 14.5 Å². The van der Waals surface area contributed by atoms with E-state index in [-0.39, 0.29) is 0 Å². The normalized spacial score (nSPS) is 19.0. The number of likely N-dealkylation sites (tertiary alicyclic amines) is 1. The van der Waals surface area contributed by atoms with E-state index in [4.69, 9.17) is 0 Å². The molecule has 2 aromatic rings. The second kappa shape index (κ2) is 6.73. The van der Waals surface area contributed by atoms with Crippen LogP contribution in [-0.2, 0) is 13.5 Å².